The highest BCUT2D eigenvalue weighted by molar-refractivity contribution is 6.09. The van der Waals surface area contributed by atoms with Crippen LogP contribution in [0, 0.1) is 13.8 Å². The number of aliphatic carboxylic acids is 1. The van der Waals surface area contributed by atoms with Gasteiger partial charge in [-0.2, -0.15) is 0 Å². The highest BCUT2D eigenvalue weighted by Crippen LogP contribution is 2.45. The Morgan fingerprint density at radius 1 is 1.19 bits per heavy atom. The van der Waals surface area contributed by atoms with Crippen LogP contribution in [0.15, 0.2) is 60.8 Å². The molecule has 3 aromatic carbocycles. The van der Waals surface area contributed by atoms with Crippen LogP contribution in [0.25, 0.3) is 32.8 Å². The number of aromatic nitrogens is 1. The van der Waals surface area contributed by atoms with Crippen molar-refractivity contribution in [2.24, 2.45) is 0 Å². The van der Waals surface area contributed by atoms with Gasteiger partial charge in [-0.3, -0.25) is 4.98 Å². The highest BCUT2D eigenvalue weighted by Gasteiger charge is 2.34. The molecular formula is C32H33NO4. The number of aryl methyl sites for hydroxylation is 2. The van der Waals surface area contributed by atoms with Crippen molar-refractivity contribution in [1.29, 1.82) is 0 Å². The Hall–Kier alpha value is -3.70. The zero-order valence-electron chi connectivity index (χ0n) is 22.1. The Labute approximate surface area is 217 Å². The molecular weight excluding hydrogens is 462 g/mol. The SMILES string of the molecule is C=C(C)CC(C)(C)OC(C(=O)O)c1c(C)cc2cc(C)ccc2c1-c1ccc2c3c(ccnc13)CCO2. The van der Waals surface area contributed by atoms with Crippen LogP contribution in [0.3, 0.4) is 0 Å². The predicted octanol–water partition coefficient (Wildman–Crippen LogP) is 7.49. The van der Waals surface area contributed by atoms with Gasteiger partial charge in [-0.1, -0.05) is 35.4 Å². The number of hydrogen-bond donors (Lipinski definition) is 1. The van der Waals surface area contributed by atoms with Gasteiger partial charge in [-0.15, -0.1) is 6.58 Å². The van der Waals surface area contributed by atoms with Crippen molar-refractivity contribution in [3.05, 3.63) is 83.1 Å². The number of fused-ring (bicyclic) bond motifs is 1. The van der Waals surface area contributed by atoms with E-state index >= 15 is 0 Å². The lowest BCUT2D eigenvalue weighted by Crippen LogP contribution is -2.31. The molecule has 0 amide bonds. The molecule has 0 saturated carbocycles. The Kier molecular flexibility index (Phi) is 6.28. The Balaban J connectivity index is 1.85. The van der Waals surface area contributed by atoms with Gasteiger partial charge in [0.1, 0.15) is 5.75 Å². The molecule has 1 aliphatic rings. The van der Waals surface area contributed by atoms with E-state index in [0.717, 1.165) is 61.7 Å². The number of pyridine rings is 1. The molecule has 37 heavy (non-hydrogen) atoms. The zero-order chi connectivity index (χ0) is 26.5. The summed E-state index contributed by atoms with van der Waals surface area (Å²) in [7, 11) is 0. The van der Waals surface area contributed by atoms with Crippen LogP contribution >= 0.6 is 0 Å². The lowest BCUT2D eigenvalue weighted by Gasteiger charge is -2.32. The summed E-state index contributed by atoms with van der Waals surface area (Å²) in [5, 5.41) is 13.5. The number of benzene rings is 3. The van der Waals surface area contributed by atoms with Crippen LogP contribution < -0.4 is 4.74 Å². The van der Waals surface area contributed by atoms with Crippen LogP contribution in [-0.2, 0) is 16.0 Å². The maximum Gasteiger partial charge on any atom is 0.337 e. The van der Waals surface area contributed by atoms with Gasteiger partial charge in [0.05, 0.1) is 17.7 Å². The zero-order valence-corrected chi connectivity index (χ0v) is 22.1. The predicted molar refractivity (Wildman–Crippen MR) is 148 cm³/mol. The molecule has 5 heteroatoms. The monoisotopic (exact) mass is 495 g/mol. The van der Waals surface area contributed by atoms with Crippen LogP contribution in [0.2, 0.25) is 0 Å². The van der Waals surface area contributed by atoms with Crippen LogP contribution in [0.4, 0.5) is 0 Å². The third-order valence-corrected chi connectivity index (χ3v) is 7.03. The lowest BCUT2D eigenvalue weighted by atomic mass is 9.85. The first-order chi connectivity index (χ1) is 17.6. The quantitative estimate of drug-likeness (QED) is 0.269. The van der Waals surface area contributed by atoms with E-state index in [2.05, 4.69) is 37.8 Å². The molecule has 5 rings (SSSR count). The van der Waals surface area contributed by atoms with Gasteiger partial charge in [0.25, 0.3) is 0 Å². The maximum atomic E-state index is 12.8. The minimum atomic E-state index is -1.17. The Bertz CT molecular complexity index is 1560. The van der Waals surface area contributed by atoms with Gasteiger partial charge >= 0.3 is 5.97 Å². The summed E-state index contributed by atoms with van der Waals surface area (Å²) in [6.45, 7) is 14.4. The fourth-order valence-electron chi connectivity index (χ4n) is 5.73. The van der Waals surface area contributed by atoms with E-state index in [4.69, 9.17) is 14.5 Å². The summed E-state index contributed by atoms with van der Waals surface area (Å²) in [5.74, 6) is -0.208. The van der Waals surface area contributed by atoms with E-state index < -0.39 is 17.7 Å². The second kappa shape index (κ2) is 9.31. The second-order valence-corrected chi connectivity index (χ2v) is 10.8. The van der Waals surface area contributed by atoms with Crippen molar-refractivity contribution < 1.29 is 19.4 Å². The molecule has 1 aliphatic heterocycles. The maximum absolute atomic E-state index is 12.8. The number of carbonyl (C=O) groups is 1. The number of rotatable bonds is 7. The average Bonchev–Trinajstić information content (AvgIpc) is 2.82. The molecule has 0 aliphatic carbocycles. The van der Waals surface area contributed by atoms with Gasteiger partial charge in [0.2, 0.25) is 0 Å². The molecule has 1 unspecified atom stereocenters. The minimum Gasteiger partial charge on any atom is -0.493 e. The number of nitrogens with zero attached hydrogens (tertiary/aromatic N) is 1. The van der Waals surface area contributed by atoms with Crippen molar-refractivity contribution in [3.8, 4) is 16.9 Å². The first-order valence-electron chi connectivity index (χ1n) is 12.7. The van der Waals surface area contributed by atoms with E-state index in [1.807, 2.05) is 52.1 Å². The van der Waals surface area contributed by atoms with E-state index in [-0.39, 0.29) is 0 Å². The summed E-state index contributed by atoms with van der Waals surface area (Å²) in [4.78, 5) is 17.6. The molecule has 1 N–H and O–H groups in total. The summed E-state index contributed by atoms with van der Waals surface area (Å²) < 4.78 is 12.4. The molecule has 0 radical (unpaired) electrons. The molecule has 5 nitrogen and oxygen atoms in total. The van der Waals surface area contributed by atoms with Crippen LogP contribution in [0.5, 0.6) is 5.75 Å². The summed E-state index contributed by atoms with van der Waals surface area (Å²) in [6.07, 6.45) is 2.03. The standard InChI is InChI=1S/C32H33NO4/c1-18(2)17-32(5,6)37-30(31(34)35)26-20(4)16-22-15-19(3)7-8-23(22)28(26)24-9-10-25-27-21(12-14-36-25)11-13-33-29(24)27/h7-11,13,15-16,30H,1,12,14,17H2,2-6H3,(H,34,35). The van der Waals surface area contributed by atoms with Crippen LogP contribution in [0.1, 0.15) is 55.5 Å². The minimum absolute atomic E-state index is 0.553. The van der Waals surface area contributed by atoms with Crippen molar-refractivity contribution in [3.63, 3.8) is 0 Å². The van der Waals surface area contributed by atoms with Crippen molar-refractivity contribution in [2.45, 2.75) is 59.2 Å². The number of ether oxygens (including phenoxy) is 2. The van der Waals surface area contributed by atoms with Crippen molar-refractivity contribution >= 4 is 27.6 Å². The van der Waals surface area contributed by atoms with E-state index in [0.29, 0.717) is 18.6 Å². The smallest absolute Gasteiger partial charge is 0.337 e. The molecule has 0 bridgehead atoms. The molecule has 0 fully saturated rings. The van der Waals surface area contributed by atoms with E-state index in [9.17, 15) is 9.90 Å². The van der Waals surface area contributed by atoms with Crippen LogP contribution in [-0.4, -0.2) is 28.3 Å². The largest absolute Gasteiger partial charge is 0.493 e. The van der Waals surface area contributed by atoms with Crippen molar-refractivity contribution in [1.82, 2.24) is 4.98 Å². The Morgan fingerprint density at radius 3 is 2.70 bits per heavy atom. The summed E-state index contributed by atoms with van der Waals surface area (Å²) >= 11 is 0. The molecule has 2 heterocycles. The van der Waals surface area contributed by atoms with Gasteiger partial charge in [0.15, 0.2) is 6.10 Å². The average molecular weight is 496 g/mol. The topological polar surface area (TPSA) is 68.7 Å². The molecule has 0 spiro atoms. The number of carboxylic acids is 1. The summed E-state index contributed by atoms with van der Waals surface area (Å²) in [5.41, 5.74) is 6.61. The molecule has 1 aromatic heterocycles. The summed E-state index contributed by atoms with van der Waals surface area (Å²) in [6, 6.07) is 14.4. The first-order valence-corrected chi connectivity index (χ1v) is 12.7. The van der Waals surface area contributed by atoms with Gasteiger partial charge in [-0.05, 0) is 86.7 Å². The van der Waals surface area contributed by atoms with Crippen molar-refractivity contribution in [2.75, 3.05) is 6.61 Å². The molecule has 0 saturated heterocycles. The normalized spacial score (nSPS) is 14.0. The Morgan fingerprint density at radius 2 is 1.97 bits per heavy atom. The van der Waals surface area contributed by atoms with E-state index in [1.54, 1.807) is 0 Å². The van der Waals surface area contributed by atoms with Gasteiger partial charge in [-0.25, -0.2) is 4.79 Å². The highest BCUT2D eigenvalue weighted by atomic mass is 16.5. The molecule has 190 valence electrons. The third kappa shape index (κ3) is 4.60. The first kappa shape index (κ1) is 25.0. The van der Waals surface area contributed by atoms with Gasteiger partial charge < -0.3 is 14.6 Å². The third-order valence-electron chi connectivity index (χ3n) is 7.03. The fraction of sp³-hybridized carbons (Fsp3) is 0.312. The van der Waals surface area contributed by atoms with Gasteiger partial charge in [0, 0.05) is 29.1 Å². The lowest BCUT2D eigenvalue weighted by molar-refractivity contribution is -0.162. The van der Waals surface area contributed by atoms with E-state index in [1.165, 1.54) is 5.56 Å². The number of hydrogen-bond acceptors (Lipinski definition) is 4. The fourth-order valence-corrected chi connectivity index (χ4v) is 5.73. The molecule has 4 aromatic rings. The second-order valence-electron chi connectivity index (χ2n) is 10.8. The molecule has 1 atom stereocenters. The number of carboxylic acid groups (broad SMARTS) is 1.